The van der Waals surface area contributed by atoms with Crippen LogP contribution in [-0.4, -0.2) is 25.7 Å². The number of anilines is 1. The van der Waals surface area contributed by atoms with Gasteiger partial charge in [0.2, 0.25) is 0 Å². The predicted octanol–water partition coefficient (Wildman–Crippen LogP) is 2.78. The fourth-order valence-electron chi connectivity index (χ4n) is 2.15. The van der Waals surface area contributed by atoms with E-state index in [0.29, 0.717) is 6.04 Å². The minimum atomic E-state index is -0.174. The Labute approximate surface area is 104 Å². The molecule has 1 heterocycles. The highest BCUT2D eigenvalue weighted by molar-refractivity contribution is 9.10. The molecule has 0 aromatic heterocycles. The van der Waals surface area contributed by atoms with Gasteiger partial charge in [-0.2, -0.15) is 0 Å². The van der Waals surface area contributed by atoms with Gasteiger partial charge >= 0.3 is 0 Å². The Hall–Kier alpha value is -0.610. The van der Waals surface area contributed by atoms with Crippen molar-refractivity contribution in [1.82, 2.24) is 5.32 Å². The van der Waals surface area contributed by atoms with Crippen molar-refractivity contribution in [2.24, 2.45) is 0 Å². The third kappa shape index (κ3) is 2.38. The Morgan fingerprint density at radius 3 is 3.12 bits per heavy atom. The first-order valence-corrected chi connectivity index (χ1v) is 6.44. The molecule has 16 heavy (non-hydrogen) atoms. The van der Waals surface area contributed by atoms with Gasteiger partial charge in [-0.05, 0) is 40.5 Å². The van der Waals surface area contributed by atoms with E-state index in [4.69, 9.17) is 0 Å². The second-order valence-corrected chi connectivity index (χ2v) is 4.91. The predicted molar refractivity (Wildman–Crippen MR) is 68.4 cm³/mol. The fourth-order valence-corrected chi connectivity index (χ4v) is 2.62. The van der Waals surface area contributed by atoms with Crippen LogP contribution in [0, 0.1) is 5.82 Å². The van der Waals surface area contributed by atoms with Gasteiger partial charge in [0.05, 0.1) is 5.69 Å². The molecule has 1 saturated heterocycles. The lowest BCUT2D eigenvalue weighted by atomic mass is 10.1. The number of hydrogen-bond donors (Lipinski definition) is 1. The number of nitrogens with one attached hydrogen (secondary N) is 1. The molecule has 1 fully saturated rings. The van der Waals surface area contributed by atoms with Gasteiger partial charge in [-0.15, -0.1) is 0 Å². The van der Waals surface area contributed by atoms with Crippen LogP contribution in [0.1, 0.15) is 13.3 Å². The lowest BCUT2D eigenvalue weighted by molar-refractivity contribution is 0.465. The highest BCUT2D eigenvalue weighted by Crippen LogP contribution is 2.29. The first-order valence-electron chi connectivity index (χ1n) is 5.64. The van der Waals surface area contributed by atoms with Gasteiger partial charge in [-0.1, -0.05) is 6.92 Å². The Bertz CT molecular complexity index is 370. The molecule has 1 atom stereocenters. The topological polar surface area (TPSA) is 15.3 Å². The normalized spacial score (nSPS) is 21.2. The van der Waals surface area contributed by atoms with Crippen LogP contribution in [-0.2, 0) is 0 Å². The minimum Gasteiger partial charge on any atom is -0.365 e. The number of hydrogen-bond acceptors (Lipinski definition) is 2. The fraction of sp³-hybridized carbons (Fsp3) is 0.500. The monoisotopic (exact) mass is 286 g/mol. The molecule has 1 unspecified atom stereocenters. The van der Waals surface area contributed by atoms with E-state index in [1.807, 2.05) is 0 Å². The van der Waals surface area contributed by atoms with E-state index in [0.717, 1.165) is 36.2 Å². The lowest BCUT2D eigenvalue weighted by Gasteiger charge is -2.38. The summed E-state index contributed by atoms with van der Waals surface area (Å²) >= 11 is 3.49. The van der Waals surface area contributed by atoms with Gasteiger partial charge in [0.1, 0.15) is 5.82 Å². The highest BCUT2D eigenvalue weighted by Gasteiger charge is 2.22. The van der Waals surface area contributed by atoms with Crippen LogP contribution in [0.15, 0.2) is 22.7 Å². The summed E-state index contributed by atoms with van der Waals surface area (Å²) in [7, 11) is 0. The van der Waals surface area contributed by atoms with Gasteiger partial charge in [-0.25, -0.2) is 4.39 Å². The largest absolute Gasteiger partial charge is 0.365 e. The summed E-state index contributed by atoms with van der Waals surface area (Å²) in [6.45, 7) is 5.03. The molecule has 0 amide bonds. The van der Waals surface area contributed by atoms with Crippen LogP contribution in [0.5, 0.6) is 0 Å². The average Bonchev–Trinajstić information content (AvgIpc) is 2.32. The molecule has 88 valence electrons. The number of piperazine rings is 1. The molecule has 1 aromatic rings. The molecule has 0 bridgehead atoms. The summed E-state index contributed by atoms with van der Waals surface area (Å²) in [5.41, 5.74) is 0.966. The maximum absolute atomic E-state index is 13.3. The van der Waals surface area contributed by atoms with Gasteiger partial charge in [-0.3, -0.25) is 0 Å². The molecular weight excluding hydrogens is 271 g/mol. The Morgan fingerprint density at radius 2 is 2.38 bits per heavy atom. The van der Waals surface area contributed by atoms with Crippen LogP contribution in [0.4, 0.5) is 10.1 Å². The molecule has 0 saturated carbocycles. The lowest BCUT2D eigenvalue weighted by Crippen LogP contribution is -2.51. The summed E-state index contributed by atoms with van der Waals surface area (Å²) in [4.78, 5) is 2.28. The molecule has 0 radical (unpaired) electrons. The second kappa shape index (κ2) is 5.15. The molecule has 0 spiro atoms. The molecule has 4 heteroatoms. The van der Waals surface area contributed by atoms with E-state index in [-0.39, 0.29) is 5.82 Å². The van der Waals surface area contributed by atoms with E-state index in [2.05, 4.69) is 33.1 Å². The maximum Gasteiger partial charge on any atom is 0.125 e. The smallest absolute Gasteiger partial charge is 0.125 e. The van der Waals surface area contributed by atoms with Gasteiger partial charge in [0.25, 0.3) is 0 Å². The number of nitrogens with zero attached hydrogens (tertiary/aromatic N) is 1. The zero-order valence-electron chi connectivity index (χ0n) is 9.34. The number of rotatable bonds is 2. The second-order valence-electron chi connectivity index (χ2n) is 4.06. The van der Waals surface area contributed by atoms with E-state index in [1.54, 1.807) is 12.1 Å². The summed E-state index contributed by atoms with van der Waals surface area (Å²) in [6.07, 6.45) is 1.07. The van der Waals surface area contributed by atoms with Crippen molar-refractivity contribution in [2.45, 2.75) is 19.4 Å². The van der Waals surface area contributed by atoms with Crippen molar-refractivity contribution in [3.05, 3.63) is 28.5 Å². The molecule has 1 aromatic carbocycles. The Kier molecular flexibility index (Phi) is 3.82. The average molecular weight is 287 g/mol. The van der Waals surface area contributed by atoms with Gasteiger partial charge in [0, 0.05) is 30.1 Å². The van der Waals surface area contributed by atoms with Crippen molar-refractivity contribution < 1.29 is 4.39 Å². The van der Waals surface area contributed by atoms with E-state index in [1.165, 1.54) is 6.07 Å². The number of benzene rings is 1. The SMILES string of the molecule is CCC1CNCCN1c1cc(F)ccc1Br. The maximum atomic E-state index is 13.3. The van der Waals surface area contributed by atoms with Crippen LogP contribution in [0.3, 0.4) is 0 Å². The third-order valence-corrected chi connectivity index (χ3v) is 3.71. The molecule has 1 aliphatic rings. The zero-order chi connectivity index (χ0) is 11.5. The van der Waals surface area contributed by atoms with Crippen molar-refractivity contribution in [2.75, 3.05) is 24.5 Å². The van der Waals surface area contributed by atoms with Crippen LogP contribution < -0.4 is 10.2 Å². The van der Waals surface area contributed by atoms with Crippen molar-refractivity contribution in [3.63, 3.8) is 0 Å². The first kappa shape index (κ1) is 11.9. The van der Waals surface area contributed by atoms with E-state index < -0.39 is 0 Å². The summed E-state index contributed by atoms with van der Waals surface area (Å²) in [5.74, 6) is -0.174. The third-order valence-electron chi connectivity index (χ3n) is 3.04. The Morgan fingerprint density at radius 1 is 1.56 bits per heavy atom. The summed E-state index contributed by atoms with van der Waals surface area (Å²) < 4.78 is 14.2. The van der Waals surface area contributed by atoms with Crippen molar-refractivity contribution >= 4 is 21.6 Å². The van der Waals surface area contributed by atoms with Crippen molar-refractivity contribution in [3.8, 4) is 0 Å². The molecule has 0 aliphatic carbocycles. The number of halogens is 2. The van der Waals surface area contributed by atoms with E-state index >= 15 is 0 Å². The standard InChI is InChI=1S/C12H16BrFN2/c1-2-10-8-15-5-6-16(10)12-7-9(14)3-4-11(12)13/h3-4,7,10,15H,2,5-6,8H2,1H3. The van der Waals surface area contributed by atoms with Gasteiger partial charge < -0.3 is 10.2 Å². The van der Waals surface area contributed by atoms with E-state index in [9.17, 15) is 4.39 Å². The minimum absolute atomic E-state index is 0.174. The zero-order valence-corrected chi connectivity index (χ0v) is 10.9. The quantitative estimate of drug-likeness (QED) is 0.899. The molecular formula is C12H16BrFN2. The summed E-state index contributed by atoms with van der Waals surface area (Å²) in [5, 5.41) is 3.37. The highest BCUT2D eigenvalue weighted by atomic mass is 79.9. The first-order chi connectivity index (χ1) is 7.72. The van der Waals surface area contributed by atoms with Crippen LogP contribution >= 0.6 is 15.9 Å². The Balaban J connectivity index is 2.30. The van der Waals surface area contributed by atoms with Gasteiger partial charge in [0.15, 0.2) is 0 Å². The summed E-state index contributed by atoms with van der Waals surface area (Å²) in [6, 6.07) is 5.32. The molecule has 1 aliphatic heterocycles. The van der Waals surface area contributed by atoms with Crippen LogP contribution in [0.25, 0.3) is 0 Å². The molecule has 2 nitrogen and oxygen atoms in total. The van der Waals surface area contributed by atoms with Crippen LogP contribution in [0.2, 0.25) is 0 Å². The van der Waals surface area contributed by atoms with Crippen molar-refractivity contribution in [1.29, 1.82) is 0 Å². The molecule has 2 rings (SSSR count). The molecule has 1 N–H and O–H groups in total.